The summed E-state index contributed by atoms with van der Waals surface area (Å²) in [5.41, 5.74) is 0.654. The van der Waals surface area contributed by atoms with Crippen molar-refractivity contribution in [2.75, 3.05) is 4.72 Å². The Hall–Kier alpha value is -2.58. The Balaban J connectivity index is 2.05. The summed E-state index contributed by atoms with van der Waals surface area (Å²) in [6, 6.07) is 10.2. The quantitative estimate of drug-likeness (QED) is 0.554. The number of H-pyrrole nitrogens is 1. The van der Waals surface area contributed by atoms with Crippen molar-refractivity contribution in [1.82, 2.24) is 4.98 Å². The number of sulfonamides is 1. The van der Waals surface area contributed by atoms with Crippen molar-refractivity contribution < 1.29 is 13.3 Å². The zero-order valence-corrected chi connectivity index (χ0v) is 13.1. The van der Waals surface area contributed by atoms with Gasteiger partial charge in [-0.3, -0.25) is 14.8 Å². The number of nitrogens with one attached hydrogen (secondary N) is 2. The van der Waals surface area contributed by atoms with Crippen LogP contribution in [0.1, 0.15) is 0 Å². The molecule has 3 rings (SSSR count). The maximum absolute atomic E-state index is 12.5. The van der Waals surface area contributed by atoms with Gasteiger partial charge in [-0.2, -0.15) is 0 Å². The number of hydrogen-bond donors (Lipinski definition) is 2. The van der Waals surface area contributed by atoms with Gasteiger partial charge >= 0.3 is 0 Å². The second-order valence-electron chi connectivity index (χ2n) is 4.75. The highest BCUT2D eigenvalue weighted by Crippen LogP contribution is 2.28. The number of nitro benzene ring substituents is 1. The molecule has 7 nitrogen and oxygen atoms in total. The molecule has 0 bridgehead atoms. The van der Waals surface area contributed by atoms with E-state index < -0.39 is 14.9 Å². The van der Waals surface area contributed by atoms with Gasteiger partial charge in [0.2, 0.25) is 0 Å². The van der Waals surface area contributed by atoms with Gasteiger partial charge in [0.25, 0.3) is 15.7 Å². The largest absolute Gasteiger partial charge is 0.360 e. The molecule has 0 aliphatic rings. The summed E-state index contributed by atoms with van der Waals surface area (Å²) in [7, 11) is -3.90. The van der Waals surface area contributed by atoms with Crippen molar-refractivity contribution in [2.24, 2.45) is 0 Å². The lowest BCUT2D eigenvalue weighted by atomic mass is 10.2. The van der Waals surface area contributed by atoms with E-state index in [2.05, 4.69) is 9.71 Å². The first kappa shape index (κ1) is 15.3. The first-order valence-corrected chi connectivity index (χ1v) is 8.27. The summed E-state index contributed by atoms with van der Waals surface area (Å²) in [5, 5.41) is 11.6. The van der Waals surface area contributed by atoms with Crippen LogP contribution >= 0.6 is 11.6 Å². The fourth-order valence-corrected chi connectivity index (χ4v) is 3.50. The number of nitro groups is 1. The molecule has 1 aromatic heterocycles. The highest BCUT2D eigenvalue weighted by atomic mass is 35.5. The van der Waals surface area contributed by atoms with Crippen LogP contribution in [0.25, 0.3) is 10.9 Å². The van der Waals surface area contributed by atoms with Gasteiger partial charge in [0.1, 0.15) is 4.90 Å². The third kappa shape index (κ3) is 2.99. The van der Waals surface area contributed by atoms with E-state index in [-0.39, 0.29) is 16.0 Å². The van der Waals surface area contributed by atoms with Crippen LogP contribution in [-0.4, -0.2) is 18.3 Å². The smallest absolute Gasteiger partial charge is 0.270 e. The predicted octanol–water partition coefficient (Wildman–Crippen LogP) is 3.53. The Bertz CT molecular complexity index is 997. The zero-order valence-electron chi connectivity index (χ0n) is 11.5. The molecule has 0 aliphatic carbocycles. The molecule has 0 spiro atoms. The molecule has 0 aliphatic heterocycles. The summed E-state index contributed by atoms with van der Waals surface area (Å²) in [6.45, 7) is 0. The van der Waals surface area contributed by atoms with Crippen LogP contribution in [0.3, 0.4) is 0 Å². The maximum Gasteiger partial charge on any atom is 0.270 e. The first-order valence-electron chi connectivity index (χ1n) is 6.41. The summed E-state index contributed by atoms with van der Waals surface area (Å²) in [5.74, 6) is 0. The van der Waals surface area contributed by atoms with Gasteiger partial charge in [-0.15, -0.1) is 0 Å². The molecule has 3 aromatic rings. The average Bonchev–Trinajstić information content (AvgIpc) is 2.93. The number of nitrogens with zero attached hydrogens (tertiary/aromatic N) is 1. The minimum absolute atomic E-state index is 0.0637. The van der Waals surface area contributed by atoms with Crippen LogP contribution < -0.4 is 4.72 Å². The van der Waals surface area contributed by atoms with Crippen molar-refractivity contribution in [3.8, 4) is 0 Å². The number of fused-ring (bicyclic) bond motifs is 1. The Kier molecular flexibility index (Phi) is 3.70. The standard InChI is InChI=1S/C14H10ClN3O4S/c15-9-1-3-10(4-2-9)17-23(21,22)14-8-16-13-6-5-11(18(19)20)7-12(13)14/h1-8,16-17H. The molecule has 0 saturated heterocycles. The number of aromatic amines is 1. The van der Waals surface area contributed by atoms with E-state index in [9.17, 15) is 18.5 Å². The highest BCUT2D eigenvalue weighted by molar-refractivity contribution is 7.93. The lowest BCUT2D eigenvalue weighted by Gasteiger charge is -2.07. The SMILES string of the molecule is O=[N+]([O-])c1ccc2[nH]cc(S(=O)(=O)Nc3ccc(Cl)cc3)c2c1. The molecule has 0 unspecified atom stereocenters. The normalized spacial score (nSPS) is 11.5. The lowest BCUT2D eigenvalue weighted by Crippen LogP contribution is -2.12. The van der Waals surface area contributed by atoms with Crippen LogP contribution in [-0.2, 0) is 10.0 Å². The molecule has 118 valence electrons. The summed E-state index contributed by atoms with van der Waals surface area (Å²) >= 11 is 5.76. The van der Waals surface area contributed by atoms with Gasteiger partial charge in [-0.1, -0.05) is 11.6 Å². The summed E-state index contributed by atoms with van der Waals surface area (Å²) in [4.78, 5) is 13.0. The minimum Gasteiger partial charge on any atom is -0.360 e. The van der Waals surface area contributed by atoms with Crippen LogP contribution in [0.2, 0.25) is 5.02 Å². The fraction of sp³-hybridized carbons (Fsp3) is 0. The molecular weight excluding hydrogens is 342 g/mol. The van der Waals surface area contributed by atoms with Crippen LogP contribution in [0.5, 0.6) is 0 Å². The Morgan fingerprint density at radius 3 is 2.48 bits per heavy atom. The number of aromatic nitrogens is 1. The fourth-order valence-electron chi connectivity index (χ4n) is 2.15. The topological polar surface area (TPSA) is 105 Å². The molecule has 0 fully saturated rings. The van der Waals surface area contributed by atoms with Gasteiger partial charge in [0.15, 0.2) is 0 Å². The number of halogens is 1. The monoisotopic (exact) mass is 351 g/mol. The molecule has 2 N–H and O–H groups in total. The molecule has 1 heterocycles. The van der Waals surface area contributed by atoms with Crippen LogP contribution in [0.15, 0.2) is 53.6 Å². The lowest BCUT2D eigenvalue weighted by molar-refractivity contribution is -0.384. The molecular formula is C14H10ClN3O4S. The zero-order chi connectivity index (χ0) is 16.6. The average molecular weight is 352 g/mol. The Labute approximate surface area is 136 Å². The van der Waals surface area contributed by atoms with Crippen molar-refractivity contribution in [3.63, 3.8) is 0 Å². The van der Waals surface area contributed by atoms with Gasteiger partial charge in [0.05, 0.1) is 4.92 Å². The van der Waals surface area contributed by atoms with E-state index in [4.69, 9.17) is 11.6 Å². The number of rotatable bonds is 4. The van der Waals surface area contributed by atoms with E-state index in [0.717, 1.165) is 0 Å². The molecule has 23 heavy (non-hydrogen) atoms. The van der Waals surface area contributed by atoms with E-state index >= 15 is 0 Å². The number of non-ortho nitro benzene ring substituents is 1. The van der Waals surface area contributed by atoms with Crippen LogP contribution in [0.4, 0.5) is 11.4 Å². The Morgan fingerprint density at radius 1 is 1.13 bits per heavy atom. The van der Waals surface area contributed by atoms with Crippen LogP contribution in [0, 0.1) is 10.1 Å². The van der Waals surface area contributed by atoms with Crippen molar-refractivity contribution in [1.29, 1.82) is 0 Å². The summed E-state index contributed by atoms with van der Waals surface area (Å²) < 4.78 is 27.4. The minimum atomic E-state index is -3.90. The van der Waals surface area contributed by atoms with E-state index in [0.29, 0.717) is 16.2 Å². The predicted molar refractivity (Wildman–Crippen MR) is 87.2 cm³/mol. The van der Waals surface area contributed by atoms with Crippen molar-refractivity contribution >= 4 is 43.9 Å². The molecule has 2 aromatic carbocycles. The first-order chi connectivity index (χ1) is 10.9. The van der Waals surface area contributed by atoms with Crippen molar-refractivity contribution in [3.05, 3.63) is 63.8 Å². The number of anilines is 1. The van der Waals surface area contributed by atoms with E-state index in [1.54, 1.807) is 12.1 Å². The molecule has 0 atom stereocenters. The third-order valence-electron chi connectivity index (χ3n) is 3.22. The van der Waals surface area contributed by atoms with Gasteiger partial charge < -0.3 is 4.98 Å². The molecule has 0 saturated carbocycles. The molecule has 0 radical (unpaired) electrons. The second kappa shape index (κ2) is 5.56. The Morgan fingerprint density at radius 2 is 1.83 bits per heavy atom. The highest BCUT2D eigenvalue weighted by Gasteiger charge is 2.21. The third-order valence-corrected chi connectivity index (χ3v) is 4.90. The maximum atomic E-state index is 12.5. The molecule has 0 amide bonds. The van der Waals surface area contributed by atoms with Crippen molar-refractivity contribution in [2.45, 2.75) is 4.90 Å². The van der Waals surface area contributed by atoms with E-state index in [1.165, 1.54) is 36.5 Å². The second-order valence-corrected chi connectivity index (χ2v) is 6.84. The van der Waals surface area contributed by atoms with Gasteiger partial charge in [-0.05, 0) is 30.3 Å². The van der Waals surface area contributed by atoms with E-state index in [1.807, 2.05) is 0 Å². The molecule has 9 heteroatoms. The van der Waals surface area contributed by atoms with Gasteiger partial charge in [-0.25, -0.2) is 8.42 Å². The number of hydrogen-bond acceptors (Lipinski definition) is 4. The number of benzene rings is 2. The summed E-state index contributed by atoms with van der Waals surface area (Å²) in [6.07, 6.45) is 1.30. The van der Waals surface area contributed by atoms with Gasteiger partial charge in [0, 0.05) is 39.9 Å².